The summed E-state index contributed by atoms with van der Waals surface area (Å²) in [6.45, 7) is 0. The van der Waals surface area contributed by atoms with Crippen LogP contribution in [0.15, 0.2) is 28.9 Å². The van der Waals surface area contributed by atoms with Crippen LogP contribution in [0.5, 0.6) is 0 Å². The normalized spacial score (nSPS) is 21.1. The van der Waals surface area contributed by atoms with Gasteiger partial charge in [0.25, 0.3) is 0 Å². The van der Waals surface area contributed by atoms with Crippen molar-refractivity contribution in [3.63, 3.8) is 0 Å². The smallest absolute Gasteiger partial charge is 0.356 e. The molecule has 3 heterocycles. The third-order valence-corrected chi connectivity index (χ3v) is 5.03. The Hall–Kier alpha value is -2.09. The maximum Gasteiger partial charge on any atom is 0.356 e. The third kappa shape index (κ3) is 2.22. The number of carboxylic acids is 1. The van der Waals surface area contributed by atoms with Crippen LogP contribution in [0.4, 0.5) is 0 Å². The van der Waals surface area contributed by atoms with E-state index in [0.717, 1.165) is 0 Å². The van der Waals surface area contributed by atoms with Gasteiger partial charge in [0.2, 0.25) is 0 Å². The molecule has 1 fully saturated rings. The molecule has 8 heteroatoms. The number of carbonyl (C=O) groups is 1. The Morgan fingerprint density at radius 3 is 2.85 bits per heavy atom. The van der Waals surface area contributed by atoms with E-state index in [-0.39, 0.29) is 23.2 Å². The molecule has 1 N–H and O–H groups in total. The minimum absolute atomic E-state index is 0.0263. The van der Waals surface area contributed by atoms with Crippen LogP contribution in [0.3, 0.4) is 0 Å². The summed E-state index contributed by atoms with van der Waals surface area (Å²) >= 11 is 0. The van der Waals surface area contributed by atoms with E-state index in [1.165, 1.54) is 17.0 Å². The Morgan fingerprint density at radius 1 is 1.50 bits per heavy atom. The van der Waals surface area contributed by atoms with E-state index in [1.54, 1.807) is 12.1 Å². The molecule has 0 amide bonds. The maximum atomic E-state index is 11.6. The van der Waals surface area contributed by atoms with Crippen LogP contribution in [0.1, 0.15) is 23.0 Å². The minimum Gasteiger partial charge on any atom is -0.476 e. The summed E-state index contributed by atoms with van der Waals surface area (Å²) in [5.74, 6) is -0.620. The lowest BCUT2D eigenvalue weighted by atomic mass is 10.2. The molecule has 1 atom stereocenters. The molecule has 0 bridgehead atoms. The third-order valence-electron chi connectivity index (χ3n) is 3.28. The summed E-state index contributed by atoms with van der Waals surface area (Å²) in [6.07, 6.45) is 1.90. The van der Waals surface area contributed by atoms with Crippen LogP contribution < -0.4 is 0 Å². The highest BCUT2D eigenvalue weighted by atomic mass is 32.2. The highest BCUT2D eigenvalue weighted by Crippen LogP contribution is 2.30. The van der Waals surface area contributed by atoms with E-state index in [2.05, 4.69) is 5.10 Å². The Bertz CT molecular complexity index is 745. The van der Waals surface area contributed by atoms with Gasteiger partial charge in [-0.3, -0.25) is 4.68 Å². The van der Waals surface area contributed by atoms with Gasteiger partial charge in [0, 0.05) is 6.07 Å². The standard InChI is InChI=1S/C12H12N2O5S/c15-12(16)9-6-10(11-2-1-4-19-11)14(13-9)8-3-5-20(17,18)7-8/h1-2,4,6,8H,3,5,7H2,(H,15,16)/t8-/m0/s1. The molecule has 1 aliphatic heterocycles. The van der Waals surface area contributed by atoms with Gasteiger partial charge < -0.3 is 9.52 Å². The molecular formula is C12H12N2O5S. The first-order valence-corrected chi connectivity index (χ1v) is 7.85. The molecule has 2 aromatic heterocycles. The molecule has 20 heavy (non-hydrogen) atoms. The monoisotopic (exact) mass is 296 g/mol. The Kier molecular flexibility index (Phi) is 2.89. The van der Waals surface area contributed by atoms with Crippen molar-refractivity contribution in [2.45, 2.75) is 12.5 Å². The molecule has 0 aliphatic carbocycles. The van der Waals surface area contributed by atoms with E-state index in [0.29, 0.717) is 17.9 Å². The number of hydrogen-bond donors (Lipinski definition) is 1. The fraction of sp³-hybridized carbons (Fsp3) is 0.333. The largest absolute Gasteiger partial charge is 0.476 e. The van der Waals surface area contributed by atoms with Crippen LogP contribution >= 0.6 is 0 Å². The second-order valence-electron chi connectivity index (χ2n) is 4.70. The van der Waals surface area contributed by atoms with Crippen LogP contribution in [0.2, 0.25) is 0 Å². The van der Waals surface area contributed by atoms with Gasteiger partial charge in [0.15, 0.2) is 21.3 Å². The van der Waals surface area contributed by atoms with Gasteiger partial charge in [0.1, 0.15) is 5.69 Å². The van der Waals surface area contributed by atoms with Gasteiger partial charge in [-0.25, -0.2) is 13.2 Å². The van der Waals surface area contributed by atoms with Crippen molar-refractivity contribution >= 4 is 15.8 Å². The summed E-state index contributed by atoms with van der Waals surface area (Å²) < 4.78 is 29.9. The predicted octanol–water partition coefficient (Wildman–Crippen LogP) is 1.20. The second kappa shape index (κ2) is 4.48. The predicted molar refractivity (Wildman–Crippen MR) is 69.2 cm³/mol. The van der Waals surface area contributed by atoms with Crippen LogP contribution in [-0.4, -0.2) is 40.8 Å². The summed E-state index contributed by atoms with van der Waals surface area (Å²) in [5, 5.41) is 13.0. The lowest BCUT2D eigenvalue weighted by Gasteiger charge is -2.11. The molecule has 2 aromatic rings. The number of furan rings is 1. The molecule has 0 saturated carbocycles. The van der Waals surface area contributed by atoms with Crippen LogP contribution in [0.25, 0.3) is 11.5 Å². The van der Waals surface area contributed by atoms with Crippen LogP contribution in [0, 0.1) is 0 Å². The zero-order valence-corrected chi connectivity index (χ0v) is 11.2. The number of carboxylic acid groups (broad SMARTS) is 1. The average molecular weight is 296 g/mol. The number of rotatable bonds is 3. The Balaban J connectivity index is 2.07. The number of nitrogens with zero attached hydrogens (tertiary/aromatic N) is 2. The Morgan fingerprint density at radius 2 is 2.30 bits per heavy atom. The summed E-state index contributed by atoms with van der Waals surface area (Å²) in [6, 6.07) is 4.40. The summed E-state index contributed by atoms with van der Waals surface area (Å²) in [5.41, 5.74) is 0.357. The molecule has 3 rings (SSSR count). The lowest BCUT2D eigenvalue weighted by molar-refractivity contribution is 0.0689. The molecule has 106 valence electrons. The summed E-state index contributed by atoms with van der Waals surface area (Å²) in [7, 11) is -3.08. The molecule has 1 aliphatic rings. The van der Waals surface area contributed by atoms with Crippen molar-refractivity contribution in [1.82, 2.24) is 9.78 Å². The number of sulfone groups is 1. The van der Waals surface area contributed by atoms with Crippen molar-refractivity contribution in [3.05, 3.63) is 30.2 Å². The molecule has 0 spiro atoms. The number of hydrogen-bond acceptors (Lipinski definition) is 5. The first kappa shape index (κ1) is 12.9. The second-order valence-corrected chi connectivity index (χ2v) is 6.93. The fourth-order valence-electron chi connectivity index (χ4n) is 2.35. The quantitative estimate of drug-likeness (QED) is 0.913. The van der Waals surface area contributed by atoms with E-state index in [9.17, 15) is 13.2 Å². The minimum atomic E-state index is -3.08. The van der Waals surface area contributed by atoms with Crippen molar-refractivity contribution in [2.24, 2.45) is 0 Å². The van der Waals surface area contributed by atoms with Crippen LogP contribution in [-0.2, 0) is 9.84 Å². The van der Waals surface area contributed by atoms with Crippen molar-refractivity contribution in [1.29, 1.82) is 0 Å². The molecule has 7 nitrogen and oxygen atoms in total. The van der Waals surface area contributed by atoms with Crippen molar-refractivity contribution in [3.8, 4) is 11.5 Å². The fourth-order valence-corrected chi connectivity index (χ4v) is 4.05. The topological polar surface area (TPSA) is 102 Å². The van der Waals surface area contributed by atoms with Crippen molar-refractivity contribution in [2.75, 3.05) is 11.5 Å². The van der Waals surface area contributed by atoms with Gasteiger partial charge in [0.05, 0.1) is 23.8 Å². The molecule has 0 unspecified atom stereocenters. The molecule has 0 radical (unpaired) electrons. The number of aromatic nitrogens is 2. The SMILES string of the molecule is O=C(O)c1cc(-c2ccco2)n([C@H]2CCS(=O)(=O)C2)n1. The van der Waals surface area contributed by atoms with Gasteiger partial charge in [-0.15, -0.1) is 0 Å². The molecular weight excluding hydrogens is 284 g/mol. The van der Waals surface area contributed by atoms with Gasteiger partial charge in [-0.2, -0.15) is 5.10 Å². The van der Waals surface area contributed by atoms with Gasteiger partial charge in [-0.05, 0) is 18.6 Å². The van der Waals surface area contributed by atoms with E-state index < -0.39 is 15.8 Å². The first-order chi connectivity index (χ1) is 9.46. The summed E-state index contributed by atoms with van der Waals surface area (Å²) in [4.78, 5) is 11.1. The molecule has 1 saturated heterocycles. The zero-order chi connectivity index (χ0) is 14.3. The van der Waals surface area contributed by atoms with Gasteiger partial charge in [-0.1, -0.05) is 0 Å². The Labute approximate surface area is 114 Å². The lowest BCUT2D eigenvalue weighted by Crippen LogP contribution is -2.14. The number of aromatic carboxylic acids is 1. The maximum absolute atomic E-state index is 11.6. The first-order valence-electron chi connectivity index (χ1n) is 6.03. The highest BCUT2D eigenvalue weighted by molar-refractivity contribution is 7.91. The zero-order valence-electron chi connectivity index (χ0n) is 10.4. The van der Waals surface area contributed by atoms with E-state index >= 15 is 0 Å². The van der Waals surface area contributed by atoms with Crippen molar-refractivity contribution < 1.29 is 22.7 Å². The average Bonchev–Trinajstić information content (AvgIpc) is 3.04. The van der Waals surface area contributed by atoms with E-state index in [4.69, 9.17) is 9.52 Å². The highest BCUT2D eigenvalue weighted by Gasteiger charge is 2.32. The van der Waals surface area contributed by atoms with Gasteiger partial charge >= 0.3 is 5.97 Å². The molecule has 0 aromatic carbocycles. The van der Waals surface area contributed by atoms with E-state index in [1.807, 2.05) is 0 Å².